The van der Waals surface area contributed by atoms with Crippen molar-refractivity contribution in [3.05, 3.63) is 23.4 Å². The molecule has 0 bridgehead atoms. The van der Waals surface area contributed by atoms with Crippen molar-refractivity contribution in [2.45, 2.75) is 13.8 Å². The van der Waals surface area contributed by atoms with E-state index in [-0.39, 0.29) is 0 Å². The smallest absolute Gasteiger partial charge is 0.128 e. The molecule has 1 rings (SSSR count). The normalized spacial score (nSPS) is 9.82. The van der Waals surface area contributed by atoms with Crippen LogP contribution < -0.4 is 4.90 Å². The molecule has 2 nitrogen and oxygen atoms in total. The number of hydrogen-bond acceptors (Lipinski definition) is 2. The molecule has 1 aromatic heterocycles. The van der Waals surface area contributed by atoms with Crippen LogP contribution in [0.25, 0.3) is 0 Å². The fourth-order valence-electron chi connectivity index (χ4n) is 1.05. The summed E-state index contributed by atoms with van der Waals surface area (Å²) in [5, 5.41) is 0. The average molecular weight is 150 g/mol. The SMILES string of the molecule is Cc1cc(C)nc(N(C)C)c1. The molecule has 0 saturated carbocycles. The second kappa shape index (κ2) is 2.91. The van der Waals surface area contributed by atoms with Gasteiger partial charge < -0.3 is 4.90 Å². The quantitative estimate of drug-likeness (QED) is 0.606. The van der Waals surface area contributed by atoms with Gasteiger partial charge in [0, 0.05) is 19.8 Å². The maximum atomic E-state index is 4.36. The molecular formula is C9H14N2. The van der Waals surface area contributed by atoms with Crippen molar-refractivity contribution < 1.29 is 0 Å². The number of pyridine rings is 1. The van der Waals surface area contributed by atoms with E-state index in [1.54, 1.807) is 0 Å². The fraction of sp³-hybridized carbons (Fsp3) is 0.444. The van der Waals surface area contributed by atoms with Gasteiger partial charge in [-0.25, -0.2) is 4.98 Å². The van der Waals surface area contributed by atoms with Crippen LogP contribution in [0.15, 0.2) is 12.1 Å². The Balaban J connectivity index is 3.08. The summed E-state index contributed by atoms with van der Waals surface area (Å²) in [4.78, 5) is 6.37. The summed E-state index contributed by atoms with van der Waals surface area (Å²) in [5.74, 6) is 1.03. The number of rotatable bonds is 1. The van der Waals surface area contributed by atoms with E-state index in [4.69, 9.17) is 0 Å². The summed E-state index contributed by atoms with van der Waals surface area (Å²) in [6.45, 7) is 4.10. The van der Waals surface area contributed by atoms with E-state index >= 15 is 0 Å². The average Bonchev–Trinajstić information content (AvgIpc) is 1.85. The zero-order chi connectivity index (χ0) is 8.43. The Kier molecular flexibility index (Phi) is 2.13. The van der Waals surface area contributed by atoms with E-state index in [0.717, 1.165) is 11.5 Å². The molecule has 0 fully saturated rings. The number of aryl methyl sites for hydroxylation is 2. The van der Waals surface area contributed by atoms with Crippen LogP contribution in [0.5, 0.6) is 0 Å². The van der Waals surface area contributed by atoms with Crippen LogP contribution in [-0.4, -0.2) is 19.1 Å². The van der Waals surface area contributed by atoms with Crippen molar-refractivity contribution in [1.29, 1.82) is 0 Å². The van der Waals surface area contributed by atoms with Gasteiger partial charge in [0.15, 0.2) is 0 Å². The third-order valence-corrected chi connectivity index (χ3v) is 1.54. The molecule has 0 radical (unpaired) electrons. The van der Waals surface area contributed by atoms with Crippen molar-refractivity contribution in [1.82, 2.24) is 4.98 Å². The lowest BCUT2D eigenvalue weighted by atomic mass is 10.2. The van der Waals surface area contributed by atoms with Crippen LogP contribution in [0, 0.1) is 13.8 Å². The van der Waals surface area contributed by atoms with Gasteiger partial charge in [0.05, 0.1) is 0 Å². The van der Waals surface area contributed by atoms with E-state index in [1.807, 2.05) is 25.9 Å². The van der Waals surface area contributed by atoms with Crippen molar-refractivity contribution in [3.8, 4) is 0 Å². The second-order valence-electron chi connectivity index (χ2n) is 3.04. The first-order valence-corrected chi connectivity index (χ1v) is 3.72. The number of hydrogen-bond donors (Lipinski definition) is 0. The highest BCUT2D eigenvalue weighted by atomic mass is 15.1. The third kappa shape index (κ3) is 1.93. The number of anilines is 1. The predicted octanol–water partition coefficient (Wildman–Crippen LogP) is 1.76. The van der Waals surface area contributed by atoms with Gasteiger partial charge in [0.25, 0.3) is 0 Å². The van der Waals surface area contributed by atoms with Gasteiger partial charge >= 0.3 is 0 Å². The molecule has 0 N–H and O–H groups in total. The molecular weight excluding hydrogens is 136 g/mol. The highest BCUT2D eigenvalue weighted by Crippen LogP contribution is 2.10. The molecule has 0 unspecified atom stereocenters. The molecule has 1 aromatic rings. The molecule has 0 aliphatic rings. The van der Waals surface area contributed by atoms with E-state index in [9.17, 15) is 0 Å². The Morgan fingerprint density at radius 2 is 1.82 bits per heavy atom. The first kappa shape index (κ1) is 8.05. The van der Waals surface area contributed by atoms with Gasteiger partial charge in [0.2, 0.25) is 0 Å². The standard InChI is InChI=1S/C9H14N2/c1-7-5-8(2)10-9(6-7)11(3)4/h5-6H,1-4H3. The van der Waals surface area contributed by atoms with E-state index in [0.29, 0.717) is 0 Å². The van der Waals surface area contributed by atoms with Gasteiger partial charge in [-0.1, -0.05) is 0 Å². The largest absolute Gasteiger partial charge is 0.363 e. The van der Waals surface area contributed by atoms with Gasteiger partial charge in [-0.15, -0.1) is 0 Å². The Morgan fingerprint density at radius 1 is 1.18 bits per heavy atom. The summed E-state index contributed by atoms with van der Waals surface area (Å²) in [5.41, 5.74) is 2.34. The predicted molar refractivity (Wildman–Crippen MR) is 48.0 cm³/mol. The van der Waals surface area contributed by atoms with Gasteiger partial charge in [-0.05, 0) is 31.5 Å². The number of aromatic nitrogens is 1. The fourth-order valence-corrected chi connectivity index (χ4v) is 1.05. The zero-order valence-corrected chi connectivity index (χ0v) is 7.55. The third-order valence-electron chi connectivity index (χ3n) is 1.54. The molecule has 0 atom stereocenters. The molecule has 11 heavy (non-hydrogen) atoms. The van der Waals surface area contributed by atoms with Gasteiger partial charge in [-0.3, -0.25) is 0 Å². The van der Waals surface area contributed by atoms with Crippen LogP contribution in [0.1, 0.15) is 11.3 Å². The lowest BCUT2D eigenvalue weighted by Crippen LogP contribution is -2.11. The number of nitrogens with zero attached hydrogens (tertiary/aromatic N) is 2. The summed E-state index contributed by atoms with van der Waals surface area (Å²) >= 11 is 0. The molecule has 0 saturated heterocycles. The zero-order valence-electron chi connectivity index (χ0n) is 7.55. The van der Waals surface area contributed by atoms with Crippen molar-refractivity contribution in [2.75, 3.05) is 19.0 Å². The summed E-state index contributed by atoms with van der Waals surface area (Å²) in [6.07, 6.45) is 0. The molecule has 1 heterocycles. The summed E-state index contributed by atoms with van der Waals surface area (Å²) in [6, 6.07) is 4.15. The van der Waals surface area contributed by atoms with E-state index in [1.165, 1.54) is 5.56 Å². The minimum atomic E-state index is 1.03. The molecule has 0 aromatic carbocycles. The van der Waals surface area contributed by atoms with Crippen LogP contribution in [0.2, 0.25) is 0 Å². The summed E-state index contributed by atoms with van der Waals surface area (Å²) in [7, 11) is 4.00. The Bertz CT molecular complexity index is 233. The topological polar surface area (TPSA) is 16.1 Å². The van der Waals surface area contributed by atoms with E-state index < -0.39 is 0 Å². The van der Waals surface area contributed by atoms with Gasteiger partial charge in [-0.2, -0.15) is 0 Å². The Hall–Kier alpha value is -1.05. The first-order valence-electron chi connectivity index (χ1n) is 3.72. The lowest BCUT2D eigenvalue weighted by molar-refractivity contribution is 1.04. The maximum Gasteiger partial charge on any atom is 0.128 e. The van der Waals surface area contributed by atoms with Gasteiger partial charge in [0.1, 0.15) is 5.82 Å². The Morgan fingerprint density at radius 3 is 2.27 bits per heavy atom. The van der Waals surface area contributed by atoms with Crippen molar-refractivity contribution in [3.63, 3.8) is 0 Å². The molecule has 2 heteroatoms. The second-order valence-corrected chi connectivity index (χ2v) is 3.04. The molecule has 0 aliphatic heterocycles. The first-order chi connectivity index (χ1) is 5.09. The molecule has 0 aliphatic carbocycles. The van der Waals surface area contributed by atoms with Crippen molar-refractivity contribution >= 4 is 5.82 Å². The minimum Gasteiger partial charge on any atom is -0.363 e. The van der Waals surface area contributed by atoms with Crippen LogP contribution >= 0.6 is 0 Å². The maximum absolute atomic E-state index is 4.36. The van der Waals surface area contributed by atoms with Crippen LogP contribution in [0.3, 0.4) is 0 Å². The monoisotopic (exact) mass is 150 g/mol. The van der Waals surface area contributed by atoms with Crippen LogP contribution in [0.4, 0.5) is 5.82 Å². The van der Waals surface area contributed by atoms with Crippen molar-refractivity contribution in [2.24, 2.45) is 0 Å². The molecule has 0 spiro atoms. The molecule has 60 valence electrons. The Labute approximate surface area is 67.9 Å². The highest BCUT2D eigenvalue weighted by molar-refractivity contribution is 5.40. The summed E-state index contributed by atoms with van der Waals surface area (Å²) < 4.78 is 0. The minimum absolute atomic E-state index is 1.03. The van der Waals surface area contributed by atoms with E-state index in [2.05, 4.69) is 24.0 Å². The van der Waals surface area contributed by atoms with Crippen LogP contribution in [-0.2, 0) is 0 Å². The molecule has 0 amide bonds. The highest BCUT2D eigenvalue weighted by Gasteiger charge is 1.97. The lowest BCUT2D eigenvalue weighted by Gasteiger charge is -2.12.